The number of aromatic nitrogens is 2. The van der Waals surface area contributed by atoms with Gasteiger partial charge >= 0.3 is 0 Å². The van der Waals surface area contributed by atoms with E-state index >= 15 is 0 Å². The fourth-order valence-electron chi connectivity index (χ4n) is 1.99. The molecule has 0 N–H and O–H groups in total. The minimum atomic E-state index is 0.241. The molecule has 0 saturated heterocycles. The molecule has 0 saturated carbocycles. The summed E-state index contributed by atoms with van der Waals surface area (Å²) in [5.41, 5.74) is 1.85. The van der Waals surface area contributed by atoms with Crippen molar-refractivity contribution in [3.05, 3.63) is 32.7 Å². The number of halogens is 1. The lowest BCUT2D eigenvalue weighted by atomic mass is 10.2. The molecule has 0 amide bonds. The van der Waals surface area contributed by atoms with Crippen LogP contribution in [0.4, 0.5) is 0 Å². The zero-order chi connectivity index (χ0) is 13.6. The molecule has 3 heterocycles. The lowest BCUT2D eigenvalue weighted by Gasteiger charge is -2.01. The van der Waals surface area contributed by atoms with Crippen molar-refractivity contribution in [1.29, 1.82) is 0 Å². The Morgan fingerprint density at radius 3 is 2.68 bits per heavy atom. The van der Waals surface area contributed by atoms with E-state index < -0.39 is 0 Å². The molecule has 6 heteroatoms. The van der Waals surface area contributed by atoms with Crippen molar-refractivity contribution in [2.45, 2.75) is 13.8 Å². The number of fused-ring (bicyclic) bond motifs is 1. The highest BCUT2D eigenvalue weighted by Gasteiger charge is 2.15. The summed E-state index contributed by atoms with van der Waals surface area (Å²) in [4.78, 5) is 23.2. The van der Waals surface area contributed by atoms with Gasteiger partial charge in [-0.2, -0.15) is 0 Å². The van der Waals surface area contributed by atoms with E-state index in [2.05, 4.69) is 16.0 Å². The average molecular weight is 309 g/mol. The van der Waals surface area contributed by atoms with Crippen LogP contribution in [-0.2, 0) is 0 Å². The first-order chi connectivity index (χ1) is 9.08. The maximum atomic E-state index is 10.9. The summed E-state index contributed by atoms with van der Waals surface area (Å²) in [6.07, 6.45) is 0.861. The second-order valence-electron chi connectivity index (χ2n) is 4.20. The van der Waals surface area contributed by atoms with Crippen molar-refractivity contribution < 1.29 is 4.79 Å². The maximum Gasteiger partial charge on any atom is 0.224 e. The van der Waals surface area contributed by atoms with Gasteiger partial charge in [0.25, 0.3) is 0 Å². The topological polar surface area (TPSA) is 42.9 Å². The first kappa shape index (κ1) is 12.7. The van der Waals surface area contributed by atoms with Crippen LogP contribution in [-0.4, -0.2) is 16.3 Å². The quantitative estimate of drug-likeness (QED) is 0.517. The van der Waals surface area contributed by atoms with Crippen LogP contribution in [0.5, 0.6) is 0 Å². The molecule has 3 aromatic rings. The Kier molecular flexibility index (Phi) is 3.12. The van der Waals surface area contributed by atoms with Crippen LogP contribution >= 0.6 is 34.3 Å². The molecule has 0 bridgehead atoms. The summed E-state index contributed by atoms with van der Waals surface area (Å²) in [5.74, 6) is 0. The molecule has 0 fully saturated rings. The van der Waals surface area contributed by atoms with Gasteiger partial charge < -0.3 is 0 Å². The molecule has 0 spiro atoms. The minimum Gasteiger partial charge on any atom is -0.297 e. The molecular formula is C13H9ClN2OS2. The van der Waals surface area contributed by atoms with Gasteiger partial charge in [-0.1, -0.05) is 0 Å². The van der Waals surface area contributed by atoms with Crippen molar-refractivity contribution in [2.24, 2.45) is 0 Å². The Bertz CT molecular complexity index is 791. The first-order valence-corrected chi connectivity index (χ1v) is 7.59. The van der Waals surface area contributed by atoms with Gasteiger partial charge in [0.15, 0.2) is 6.29 Å². The van der Waals surface area contributed by atoms with E-state index in [1.807, 2.05) is 19.9 Å². The van der Waals surface area contributed by atoms with Gasteiger partial charge in [-0.3, -0.25) is 4.79 Å². The number of rotatable bonds is 2. The highest BCUT2D eigenvalue weighted by Crippen LogP contribution is 2.37. The van der Waals surface area contributed by atoms with Gasteiger partial charge in [-0.05, 0) is 43.1 Å². The lowest BCUT2D eigenvalue weighted by Crippen LogP contribution is -1.87. The monoisotopic (exact) mass is 308 g/mol. The molecule has 3 nitrogen and oxygen atoms in total. The van der Waals surface area contributed by atoms with Gasteiger partial charge in [0.05, 0.1) is 15.4 Å². The molecule has 0 atom stereocenters. The van der Waals surface area contributed by atoms with E-state index in [4.69, 9.17) is 11.6 Å². The Morgan fingerprint density at radius 1 is 1.21 bits per heavy atom. The Morgan fingerprint density at radius 2 is 2.00 bits per heavy atom. The smallest absolute Gasteiger partial charge is 0.224 e. The van der Waals surface area contributed by atoms with Crippen LogP contribution in [0.1, 0.15) is 20.1 Å². The Labute approximate surface area is 122 Å². The average Bonchev–Trinajstić information content (AvgIpc) is 2.90. The van der Waals surface area contributed by atoms with E-state index in [0.29, 0.717) is 4.88 Å². The second kappa shape index (κ2) is 4.67. The van der Waals surface area contributed by atoms with E-state index in [9.17, 15) is 4.79 Å². The molecule has 3 aromatic heterocycles. The highest BCUT2D eigenvalue weighted by molar-refractivity contribution is 7.19. The predicted octanol–water partition coefficient (Wildman–Crippen LogP) is 4.50. The van der Waals surface area contributed by atoms with Crippen LogP contribution in [0.25, 0.3) is 20.8 Å². The zero-order valence-corrected chi connectivity index (χ0v) is 12.6. The first-order valence-electron chi connectivity index (χ1n) is 5.58. The summed E-state index contributed by atoms with van der Waals surface area (Å²) in [6, 6.07) is 3.93. The fourth-order valence-corrected chi connectivity index (χ4v) is 4.08. The van der Waals surface area contributed by atoms with Crippen molar-refractivity contribution in [3.63, 3.8) is 0 Å². The summed E-state index contributed by atoms with van der Waals surface area (Å²) < 4.78 is 0. The summed E-state index contributed by atoms with van der Waals surface area (Å²) >= 11 is 9.02. The molecule has 0 aliphatic carbocycles. The molecular weight excluding hydrogens is 300 g/mol. The van der Waals surface area contributed by atoms with Crippen LogP contribution in [0.2, 0.25) is 5.28 Å². The number of carbonyl (C=O) groups excluding carboxylic acids is 1. The van der Waals surface area contributed by atoms with Gasteiger partial charge in [-0.25, -0.2) is 9.97 Å². The Hall–Kier alpha value is -1.30. The van der Waals surface area contributed by atoms with Crippen molar-refractivity contribution in [3.8, 4) is 10.6 Å². The number of nitrogens with zero attached hydrogens (tertiary/aromatic N) is 2. The summed E-state index contributed by atoms with van der Waals surface area (Å²) in [7, 11) is 0. The van der Waals surface area contributed by atoms with Gasteiger partial charge in [0.2, 0.25) is 5.28 Å². The minimum absolute atomic E-state index is 0.241. The second-order valence-corrected chi connectivity index (χ2v) is 6.85. The number of aldehydes is 1. The van der Waals surface area contributed by atoms with Crippen LogP contribution in [0.15, 0.2) is 12.1 Å². The fraction of sp³-hybridized carbons (Fsp3) is 0.154. The van der Waals surface area contributed by atoms with Crippen molar-refractivity contribution in [1.82, 2.24) is 9.97 Å². The Balaban J connectivity index is 2.34. The molecule has 19 heavy (non-hydrogen) atoms. The van der Waals surface area contributed by atoms with Gasteiger partial charge in [-0.15, -0.1) is 22.7 Å². The number of hydrogen-bond donors (Lipinski definition) is 0. The third-order valence-electron chi connectivity index (χ3n) is 2.76. The number of carbonyl (C=O) groups is 1. The van der Waals surface area contributed by atoms with E-state index in [1.54, 1.807) is 11.3 Å². The molecule has 0 aromatic carbocycles. The van der Waals surface area contributed by atoms with Crippen LogP contribution in [0.3, 0.4) is 0 Å². The van der Waals surface area contributed by atoms with Crippen molar-refractivity contribution >= 4 is 50.8 Å². The van der Waals surface area contributed by atoms with E-state index in [1.165, 1.54) is 11.3 Å². The van der Waals surface area contributed by atoms with E-state index in [-0.39, 0.29) is 5.28 Å². The third-order valence-corrected chi connectivity index (χ3v) is 5.04. The van der Waals surface area contributed by atoms with E-state index in [0.717, 1.165) is 37.5 Å². The molecule has 0 radical (unpaired) electrons. The zero-order valence-electron chi connectivity index (χ0n) is 10.2. The number of aryl methyl sites for hydroxylation is 2. The highest BCUT2D eigenvalue weighted by atomic mass is 35.5. The van der Waals surface area contributed by atoms with Crippen LogP contribution < -0.4 is 0 Å². The molecule has 0 unspecified atom stereocenters. The number of hydrogen-bond acceptors (Lipinski definition) is 5. The van der Waals surface area contributed by atoms with Crippen LogP contribution in [0, 0.1) is 13.8 Å². The molecule has 0 aliphatic rings. The standard InChI is InChI=1S/C13H9ClN2OS2/c1-6-3-8(5-17)19-11(6)10-9-4-7(2)18-12(9)16-13(14)15-10/h3-5H,1-2H3. The summed E-state index contributed by atoms with van der Waals surface area (Å²) in [5, 5.41) is 1.24. The number of thiophene rings is 2. The normalized spacial score (nSPS) is 11.1. The predicted molar refractivity (Wildman–Crippen MR) is 80.6 cm³/mol. The van der Waals surface area contributed by atoms with Gasteiger partial charge in [0.1, 0.15) is 4.83 Å². The maximum absolute atomic E-state index is 10.9. The SMILES string of the molecule is Cc1cc2c(-c3sc(C=O)cc3C)nc(Cl)nc2s1. The van der Waals surface area contributed by atoms with Gasteiger partial charge in [0, 0.05) is 10.3 Å². The lowest BCUT2D eigenvalue weighted by molar-refractivity contribution is 0.112. The largest absolute Gasteiger partial charge is 0.297 e. The summed E-state index contributed by atoms with van der Waals surface area (Å²) in [6.45, 7) is 4.00. The molecule has 96 valence electrons. The molecule has 3 rings (SSSR count). The van der Waals surface area contributed by atoms with Crippen molar-refractivity contribution in [2.75, 3.05) is 0 Å². The molecule has 0 aliphatic heterocycles. The third kappa shape index (κ3) is 2.18.